The molecule has 0 aliphatic heterocycles. The maximum Gasteiger partial charge on any atom is 0.287 e. The van der Waals surface area contributed by atoms with Gasteiger partial charge in [0.25, 0.3) is 6.08 Å². The molecule has 0 aliphatic rings. The molecule has 0 aliphatic carbocycles. The van der Waals surface area contributed by atoms with Gasteiger partial charge in [0.2, 0.25) is 0 Å². The van der Waals surface area contributed by atoms with Crippen molar-refractivity contribution in [1.29, 1.82) is 0 Å². The number of nitrogens with one attached hydrogen (secondary N) is 1. The maximum atomic E-state index is 14.2. The van der Waals surface area contributed by atoms with E-state index in [9.17, 15) is 4.39 Å². The zero-order chi connectivity index (χ0) is 18.7. The molecule has 0 bridgehead atoms. The van der Waals surface area contributed by atoms with Crippen molar-refractivity contribution in [3.63, 3.8) is 0 Å². The lowest BCUT2D eigenvalue weighted by Crippen LogP contribution is -2.32. The van der Waals surface area contributed by atoms with Gasteiger partial charge in [-0.05, 0) is 16.7 Å². The van der Waals surface area contributed by atoms with Crippen LogP contribution < -0.4 is 0 Å². The third kappa shape index (κ3) is 2.94. The van der Waals surface area contributed by atoms with E-state index in [-0.39, 0.29) is 5.88 Å². The Bertz CT molecular complexity index is 918. The molecule has 0 atom stereocenters. The van der Waals surface area contributed by atoms with E-state index in [1.54, 1.807) is 0 Å². The Morgan fingerprint density at radius 1 is 0.741 bits per heavy atom. The van der Waals surface area contributed by atoms with Crippen molar-refractivity contribution in [2.45, 2.75) is 11.3 Å². The van der Waals surface area contributed by atoms with Gasteiger partial charge in [0.1, 0.15) is 0 Å². The fraction of sp³-hybridized carbons (Fsp3) is 0.0870. The summed E-state index contributed by atoms with van der Waals surface area (Å²) in [5.41, 5.74) is 3.43. The fourth-order valence-corrected chi connectivity index (χ4v) is 3.98. The first-order valence-corrected chi connectivity index (χ1v) is 9.27. The summed E-state index contributed by atoms with van der Waals surface area (Å²) in [6, 6.07) is 30.2. The molecule has 134 valence electrons. The average molecular weight is 377 g/mol. The molecule has 0 radical (unpaired) electrons. The van der Waals surface area contributed by atoms with Crippen molar-refractivity contribution in [1.82, 2.24) is 9.97 Å². The minimum Gasteiger partial charge on any atom is -0.316 e. The minimum atomic E-state index is -0.759. The molecule has 0 spiro atoms. The number of halogens is 2. The van der Waals surface area contributed by atoms with Crippen molar-refractivity contribution < 1.29 is 4.39 Å². The molecule has 1 heterocycles. The zero-order valence-corrected chi connectivity index (χ0v) is 15.3. The Hall–Kier alpha value is -2.91. The number of imidazole rings is 1. The van der Waals surface area contributed by atoms with Crippen LogP contribution in [0.25, 0.3) is 0 Å². The van der Waals surface area contributed by atoms with Crippen LogP contribution in [0.15, 0.2) is 91.0 Å². The van der Waals surface area contributed by atoms with Crippen molar-refractivity contribution in [2.24, 2.45) is 0 Å². The molecule has 0 saturated carbocycles. The monoisotopic (exact) mass is 376 g/mol. The summed E-state index contributed by atoms with van der Waals surface area (Å²) < 4.78 is 14.2. The second kappa shape index (κ2) is 7.37. The number of alkyl halides is 1. The summed E-state index contributed by atoms with van der Waals surface area (Å²) in [5.74, 6) is 0.115. The van der Waals surface area contributed by atoms with Crippen LogP contribution in [-0.4, -0.2) is 9.97 Å². The highest BCUT2D eigenvalue weighted by Gasteiger charge is 2.41. The summed E-state index contributed by atoms with van der Waals surface area (Å²) in [6.45, 7) is 0. The quantitative estimate of drug-likeness (QED) is 0.353. The third-order valence-corrected chi connectivity index (χ3v) is 5.12. The lowest BCUT2D eigenvalue weighted by atomic mass is 9.67. The summed E-state index contributed by atoms with van der Waals surface area (Å²) in [5, 5.41) is 0. The van der Waals surface area contributed by atoms with E-state index in [1.165, 1.54) is 0 Å². The fourth-order valence-electron chi connectivity index (χ4n) is 3.78. The van der Waals surface area contributed by atoms with Gasteiger partial charge >= 0.3 is 0 Å². The van der Waals surface area contributed by atoms with Gasteiger partial charge in [-0.1, -0.05) is 91.0 Å². The van der Waals surface area contributed by atoms with Crippen molar-refractivity contribution in [3.05, 3.63) is 125 Å². The predicted octanol–water partition coefficient (Wildman–Crippen LogP) is 5.67. The summed E-state index contributed by atoms with van der Waals surface area (Å²) in [4.78, 5) is 6.89. The van der Waals surface area contributed by atoms with E-state index in [0.29, 0.717) is 11.4 Å². The summed E-state index contributed by atoms with van der Waals surface area (Å²) >= 11 is 6.16. The highest BCUT2D eigenvalue weighted by Crippen LogP contribution is 2.45. The molecule has 2 nitrogen and oxygen atoms in total. The van der Waals surface area contributed by atoms with Crippen LogP contribution in [0.2, 0.25) is 0 Å². The molecule has 3 aromatic carbocycles. The van der Waals surface area contributed by atoms with Gasteiger partial charge in [-0.3, -0.25) is 0 Å². The molecule has 4 heteroatoms. The van der Waals surface area contributed by atoms with Gasteiger partial charge in [0.05, 0.1) is 22.7 Å². The van der Waals surface area contributed by atoms with E-state index in [1.807, 2.05) is 54.6 Å². The van der Waals surface area contributed by atoms with Gasteiger partial charge < -0.3 is 4.98 Å². The van der Waals surface area contributed by atoms with Crippen molar-refractivity contribution in [2.75, 3.05) is 0 Å². The summed E-state index contributed by atoms with van der Waals surface area (Å²) in [6.07, 6.45) is -0.632. The van der Waals surface area contributed by atoms with E-state index in [4.69, 9.17) is 11.6 Å². The minimum absolute atomic E-state index is 0.115. The van der Waals surface area contributed by atoms with Crippen LogP contribution in [0, 0.1) is 6.08 Å². The van der Waals surface area contributed by atoms with E-state index in [2.05, 4.69) is 46.4 Å². The zero-order valence-electron chi connectivity index (χ0n) is 14.6. The van der Waals surface area contributed by atoms with Crippen molar-refractivity contribution in [3.8, 4) is 0 Å². The molecule has 1 N–H and O–H groups in total. The SMILES string of the molecule is Fc1nc(CCl)c(C(c2ccccc2)(c2ccccc2)c2ccccc2)[nH]1. The van der Waals surface area contributed by atoms with Gasteiger partial charge in [0.15, 0.2) is 0 Å². The standard InChI is InChI=1S/C23H18ClFN2/c24-16-20-21(27-22(25)26-20)23(17-10-4-1-5-11-17,18-12-6-2-7-13-18)19-14-8-3-9-15-19/h1-15H,16H2,(H,26,27). The number of rotatable bonds is 5. The molecular weight excluding hydrogens is 359 g/mol. The van der Waals surface area contributed by atoms with Crippen LogP contribution in [0.4, 0.5) is 4.39 Å². The Morgan fingerprint density at radius 3 is 1.52 bits per heavy atom. The number of hydrogen-bond donors (Lipinski definition) is 1. The molecule has 0 amide bonds. The molecule has 27 heavy (non-hydrogen) atoms. The summed E-state index contributed by atoms with van der Waals surface area (Å²) in [7, 11) is 0. The number of H-pyrrole nitrogens is 1. The largest absolute Gasteiger partial charge is 0.316 e. The second-order valence-electron chi connectivity index (χ2n) is 6.33. The lowest BCUT2D eigenvalue weighted by molar-refractivity contribution is 0.544. The number of nitrogens with zero attached hydrogens (tertiary/aromatic N) is 1. The Kier molecular flexibility index (Phi) is 4.78. The molecule has 4 aromatic rings. The highest BCUT2D eigenvalue weighted by atomic mass is 35.5. The maximum absolute atomic E-state index is 14.2. The molecule has 0 saturated heterocycles. The molecule has 0 fully saturated rings. The Balaban J connectivity index is 2.16. The van der Waals surface area contributed by atoms with Crippen molar-refractivity contribution >= 4 is 11.6 Å². The first kappa shape index (κ1) is 17.5. The van der Waals surface area contributed by atoms with Crippen LogP contribution >= 0.6 is 11.6 Å². The van der Waals surface area contributed by atoms with Gasteiger partial charge in [0, 0.05) is 0 Å². The second-order valence-corrected chi connectivity index (χ2v) is 6.60. The van der Waals surface area contributed by atoms with Crippen LogP contribution in [0.3, 0.4) is 0 Å². The van der Waals surface area contributed by atoms with Crippen LogP contribution in [-0.2, 0) is 11.3 Å². The van der Waals surface area contributed by atoms with Gasteiger partial charge in [-0.2, -0.15) is 4.39 Å². The van der Waals surface area contributed by atoms with Gasteiger partial charge in [-0.25, -0.2) is 4.98 Å². The number of hydrogen-bond acceptors (Lipinski definition) is 1. The molecule has 4 rings (SSSR count). The lowest BCUT2D eigenvalue weighted by Gasteiger charge is -2.35. The van der Waals surface area contributed by atoms with Crippen LogP contribution in [0.5, 0.6) is 0 Å². The highest BCUT2D eigenvalue weighted by molar-refractivity contribution is 6.17. The van der Waals surface area contributed by atoms with Gasteiger partial charge in [-0.15, -0.1) is 11.6 Å². The first-order valence-electron chi connectivity index (χ1n) is 8.74. The smallest absolute Gasteiger partial charge is 0.287 e. The number of aromatic nitrogens is 2. The molecular formula is C23H18ClFN2. The third-order valence-electron chi connectivity index (χ3n) is 4.87. The number of aromatic amines is 1. The average Bonchev–Trinajstić information content (AvgIpc) is 3.12. The van der Waals surface area contributed by atoms with Crippen LogP contribution in [0.1, 0.15) is 28.1 Å². The first-order chi connectivity index (χ1) is 13.3. The topological polar surface area (TPSA) is 28.7 Å². The molecule has 1 aromatic heterocycles. The van der Waals surface area contributed by atoms with E-state index >= 15 is 0 Å². The van der Waals surface area contributed by atoms with E-state index in [0.717, 1.165) is 16.7 Å². The number of benzene rings is 3. The normalized spacial score (nSPS) is 11.5. The van der Waals surface area contributed by atoms with E-state index < -0.39 is 11.5 Å². The Morgan fingerprint density at radius 2 is 1.15 bits per heavy atom. The predicted molar refractivity (Wildman–Crippen MR) is 106 cm³/mol. The molecule has 0 unspecified atom stereocenters. The Labute approximate surface area is 162 Å².